The molecule has 0 bridgehead atoms. The Morgan fingerprint density at radius 2 is 1.75 bits per heavy atom. The minimum absolute atomic E-state index is 0.00256. The van der Waals surface area contributed by atoms with Gasteiger partial charge in [0.1, 0.15) is 15.6 Å². The minimum atomic E-state index is -3.26. The number of esters is 1. The second kappa shape index (κ2) is 18.6. The molecule has 4 atom stereocenters. The lowest BCUT2D eigenvalue weighted by atomic mass is 9.88. The van der Waals surface area contributed by atoms with Crippen molar-refractivity contribution in [3.05, 3.63) is 71.9 Å². The number of halogens is 3. The van der Waals surface area contributed by atoms with E-state index in [-0.39, 0.29) is 25.3 Å². The average molecular weight is 716 g/mol. The lowest BCUT2D eigenvalue weighted by Gasteiger charge is -2.41. The van der Waals surface area contributed by atoms with Gasteiger partial charge < -0.3 is 19.3 Å². The predicted octanol–water partition coefficient (Wildman–Crippen LogP) is 9.67. The van der Waals surface area contributed by atoms with Crippen LogP contribution < -0.4 is 0 Å². The molecule has 1 N–H and O–H groups in total. The molecule has 7 nitrogen and oxygen atoms in total. The van der Waals surface area contributed by atoms with Gasteiger partial charge in [0, 0.05) is 12.8 Å². The monoisotopic (exact) mass is 715 g/mol. The highest BCUT2D eigenvalue weighted by molar-refractivity contribution is 8.02. The molecule has 0 heterocycles. The van der Waals surface area contributed by atoms with Crippen molar-refractivity contribution in [2.24, 2.45) is 0 Å². The summed E-state index contributed by atoms with van der Waals surface area (Å²) < 4.78 is 46.5. The fourth-order valence-electron chi connectivity index (χ4n) is 5.33. The molecule has 0 fully saturated rings. The van der Waals surface area contributed by atoms with E-state index >= 15 is 8.78 Å². The summed E-state index contributed by atoms with van der Waals surface area (Å²) in [5.74, 6) is -3.89. The van der Waals surface area contributed by atoms with Crippen molar-refractivity contribution in [1.29, 1.82) is 0 Å². The second-order valence-corrected chi connectivity index (χ2v) is 15.5. The molecule has 1 amide bonds. The van der Waals surface area contributed by atoms with Crippen molar-refractivity contribution in [3.8, 4) is 0 Å². The summed E-state index contributed by atoms with van der Waals surface area (Å²) in [6.07, 6.45) is 8.51. The van der Waals surface area contributed by atoms with Crippen LogP contribution in [0.5, 0.6) is 0 Å². The zero-order chi connectivity index (χ0) is 37.1. The Morgan fingerprint density at radius 1 is 1.12 bits per heavy atom. The van der Waals surface area contributed by atoms with E-state index in [9.17, 15) is 14.7 Å². The normalized spacial score (nSPS) is 19.2. The summed E-state index contributed by atoms with van der Waals surface area (Å²) >= 11 is 6.91. The third kappa shape index (κ3) is 12.5. The van der Waals surface area contributed by atoms with E-state index in [4.69, 9.17) is 25.8 Å². The quantitative estimate of drug-likeness (QED) is 0.0695. The molecule has 11 heteroatoms. The lowest BCUT2D eigenvalue weighted by molar-refractivity contribution is -0.235. The van der Waals surface area contributed by atoms with E-state index in [0.717, 1.165) is 24.3 Å². The van der Waals surface area contributed by atoms with Crippen LogP contribution in [0, 0.1) is 0 Å². The van der Waals surface area contributed by atoms with Gasteiger partial charge in [0.15, 0.2) is 0 Å². The highest BCUT2D eigenvalue weighted by atomic mass is 35.5. The molecule has 0 aliphatic heterocycles. The van der Waals surface area contributed by atoms with Gasteiger partial charge in [-0.2, -0.15) is 0 Å². The van der Waals surface area contributed by atoms with Gasteiger partial charge in [-0.05, 0) is 97.8 Å². The Bertz CT molecular complexity index is 1260. The molecule has 0 aromatic carbocycles. The number of thioether (sulfide) groups is 1. The van der Waals surface area contributed by atoms with E-state index in [2.05, 4.69) is 13.2 Å². The van der Waals surface area contributed by atoms with Crippen molar-refractivity contribution in [1.82, 2.24) is 4.90 Å². The maximum absolute atomic E-state index is 15.7. The standard InChI is InChI=1S/C37H56ClF2NO6S/c1-13-25(5)24-27(22-23-38)37(15-3,36(12,39)40)48-30(31(42)45-16-4)19-17-18-28-26(14-2)20-21-29(28)41(32(43)46-34(6,7)8)33(44)47-35(9,10)11/h13-14,17-18,22,24,29-30,32,43H,1-2,15-16,19-21,23H2,3-12H3/b18-17-,25-24-,27-22+/t29?,30?,32-,37?/m0/s1. The van der Waals surface area contributed by atoms with Crippen molar-refractivity contribution in [2.45, 2.75) is 134 Å². The van der Waals surface area contributed by atoms with E-state index in [1.165, 1.54) is 4.90 Å². The molecule has 0 aromatic heterocycles. The number of hydrogen-bond acceptors (Lipinski definition) is 7. The van der Waals surface area contributed by atoms with Gasteiger partial charge in [0.05, 0.1) is 18.2 Å². The minimum Gasteiger partial charge on any atom is -0.465 e. The number of hydrogen-bond donors (Lipinski definition) is 1. The number of carbonyl (C=O) groups excluding carboxylic acids is 2. The van der Waals surface area contributed by atoms with Crippen molar-refractivity contribution >= 4 is 35.4 Å². The van der Waals surface area contributed by atoms with E-state index in [0.29, 0.717) is 29.6 Å². The third-order valence-electron chi connectivity index (χ3n) is 7.52. The Hall–Kier alpha value is -2.40. The van der Waals surface area contributed by atoms with Crippen LogP contribution in [0.25, 0.3) is 0 Å². The van der Waals surface area contributed by atoms with Crippen LogP contribution in [0.15, 0.2) is 71.9 Å². The first-order valence-electron chi connectivity index (χ1n) is 16.3. The van der Waals surface area contributed by atoms with Gasteiger partial charge in [0.25, 0.3) is 5.92 Å². The number of alkyl halides is 3. The third-order valence-corrected chi connectivity index (χ3v) is 9.63. The van der Waals surface area contributed by atoms with Crippen LogP contribution in [0.1, 0.15) is 94.9 Å². The molecule has 272 valence electrons. The molecule has 0 saturated heterocycles. The number of aliphatic hydroxyl groups excluding tert-OH is 1. The fourth-order valence-corrected chi connectivity index (χ4v) is 7.01. The molecule has 0 spiro atoms. The Labute approximate surface area is 296 Å². The first-order chi connectivity index (χ1) is 22.1. The highest BCUT2D eigenvalue weighted by Crippen LogP contribution is 2.51. The van der Waals surface area contributed by atoms with E-state index in [1.54, 1.807) is 98.8 Å². The lowest BCUT2D eigenvalue weighted by Crippen LogP contribution is -2.52. The van der Waals surface area contributed by atoms with Crippen LogP contribution in [0.3, 0.4) is 0 Å². The summed E-state index contributed by atoms with van der Waals surface area (Å²) in [6, 6.07) is -0.657. The topological polar surface area (TPSA) is 85.3 Å². The van der Waals surface area contributed by atoms with Crippen LogP contribution in [-0.2, 0) is 19.0 Å². The second-order valence-electron chi connectivity index (χ2n) is 13.7. The van der Waals surface area contributed by atoms with Gasteiger partial charge in [-0.3, -0.25) is 9.69 Å². The van der Waals surface area contributed by atoms with E-state index < -0.39 is 51.6 Å². The smallest absolute Gasteiger partial charge is 0.414 e. The van der Waals surface area contributed by atoms with Crippen LogP contribution in [0.4, 0.5) is 13.6 Å². The number of carbonyl (C=O) groups is 2. The Kier molecular flexibility index (Phi) is 16.9. The Morgan fingerprint density at radius 3 is 2.21 bits per heavy atom. The molecular weight excluding hydrogens is 660 g/mol. The predicted molar refractivity (Wildman–Crippen MR) is 193 cm³/mol. The summed E-state index contributed by atoms with van der Waals surface area (Å²) in [5.41, 5.74) is 0.825. The molecule has 1 aliphatic rings. The Balaban J connectivity index is 3.70. The van der Waals surface area contributed by atoms with Crippen molar-refractivity contribution < 1.29 is 37.7 Å². The molecule has 48 heavy (non-hydrogen) atoms. The zero-order valence-electron chi connectivity index (χ0n) is 30.3. The molecule has 0 aromatic rings. The largest absolute Gasteiger partial charge is 0.465 e. The van der Waals surface area contributed by atoms with E-state index in [1.807, 2.05) is 0 Å². The zero-order valence-corrected chi connectivity index (χ0v) is 31.9. The maximum atomic E-state index is 15.7. The van der Waals surface area contributed by atoms with Gasteiger partial charge in [0.2, 0.25) is 6.41 Å². The molecule has 0 radical (unpaired) electrons. The molecule has 0 saturated carbocycles. The van der Waals surface area contributed by atoms with Gasteiger partial charge in [-0.25, -0.2) is 13.6 Å². The summed E-state index contributed by atoms with van der Waals surface area (Å²) in [6.45, 7) is 24.1. The number of rotatable bonds is 17. The highest BCUT2D eigenvalue weighted by Gasteiger charge is 2.53. The van der Waals surface area contributed by atoms with Crippen molar-refractivity contribution in [3.63, 3.8) is 0 Å². The molecule has 1 aliphatic carbocycles. The van der Waals surface area contributed by atoms with Crippen LogP contribution >= 0.6 is 23.4 Å². The van der Waals surface area contributed by atoms with Gasteiger partial charge in [-0.15, -0.1) is 23.4 Å². The molecular formula is C37H56ClF2NO6S. The fraction of sp³-hybridized carbons (Fsp3) is 0.622. The van der Waals surface area contributed by atoms with Crippen LogP contribution in [-0.4, -0.2) is 74.1 Å². The first kappa shape index (κ1) is 43.6. The number of amides is 1. The summed E-state index contributed by atoms with van der Waals surface area (Å²) in [7, 11) is 0. The van der Waals surface area contributed by atoms with Gasteiger partial charge >= 0.3 is 12.1 Å². The number of nitrogens with zero attached hydrogens (tertiary/aromatic N) is 1. The summed E-state index contributed by atoms with van der Waals surface area (Å²) in [5, 5.41) is 10.1. The maximum Gasteiger partial charge on any atom is 0.414 e. The first-order valence-corrected chi connectivity index (χ1v) is 17.7. The number of aliphatic hydroxyl groups is 1. The summed E-state index contributed by atoms with van der Waals surface area (Å²) in [4.78, 5) is 28.0. The molecule has 1 rings (SSSR count). The number of allylic oxidation sites excluding steroid dienone is 7. The van der Waals surface area contributed by atoms with Crippen LogP contribution in [0.2, 0.25) is 0 Å². The average Bonchev–Trinajstić information content (AvgIpc) is 3.34. The SMILES string of the molecule is C=CC1=C(/C=C\CC(SC(CC)(C(/C=C(/C)C=C)=C/CCl)C(C)(F)F)C(=O)OCC)C(N(C(=O)OC(C)(C)C)[C@@H](O)OC(C)(C)C)CC1. The number of ether oxygens (including phenoxy) is 3. The van der Waals surface area contributed by atoms with Crippen molar-refractivity contribution in [2.75, 3.05) is 12.5 Å². The van der Waals surface area contributed by atoms with Gasteiger partial charge in [-0.1, -0.05) is 62.1 Å². The molecule has 3 unspecified atom stereocenters.